The lowest BCUT2D eigenvalue weighted by Gasteiger charge is -1.93. The molecule has 210 valence electrons. The zero-order valence-electron chi connectivity index (χ0n) is 15.1. The van der Waals surface area contributed by atoms with E-state index in [0.29, 0.717) is 0 Å². The molecule has 0 unspecified atom stereocenters. The van der Waals surface area contributed by atoms with Gasteiger partial charge in [0.2, 0.25) is 0 Å². The molecular weight excluding hydrogens is 618 g/mol. The third kappa shape index (κ3) is 77.6. The van der Waals surface area contributed by atoms with E-state index in [9.17, 15) is 62.2 Å². The fraction of sp³-hybridized carbons (Fsp3) is 0. The molecule has 0 aromatic carbocycles. The van der Waals surface area contributed by atoms with Crippen molar-refractivity contribution in [2.24, 2.45) is 0 Å². The molecule has 0 saturated heterocycles. The minimum absolute atomic E-state index is 0. The molecule has 2 N–H and O–H groups in total. The predicted molar refractivity (Wildman–Crippen MR) is 93.1 cm³/mol. The van der Waals surface area contributed by atoms with Crippen LogP contribution in [0.1, 0.15) is 0 Å². The van der Waals surface area contributed by atoms with Crippen molar-refractivity contribution in [2.75, 3.05) is 0 Å². The molecule has 0 bridgehead atoms. The first-order chi connectivity index (χ1) is 14.0. The molecular formula is C10H10F18N2S4. The number of rotatable bonds is 1. The molecule has 34 heavy (non-hydrogen) atoms. The quantitative estimate of drug-likeness (QED) is 0.422. The fourth-order valence-corrected chi connectivity index (χ4v) is 1.16. The van der Waals surface area contributed by atoms with Crippen LogP contribution < -0.4 is 19.4 Å². The summed E-state index contributed by atoms with van der Waals surface area (Å²) in [5, 5.41) is 0. The van der Waals surface area contributed by atoms with Crippen molar-refractivity contribution < 1.29 is 81.5 Å². The summed E-state index contributed by atoms with van der Waals surface area (Å²) in [6.07, 6.45) is 7.69. The largest absolute Gasteiger partial charge is 1.00 e. The number of aromatic amines is 2. The molecule has 0 aliphatic rings. The Morgan fingerprint density at radius 1 is 0.353 bits per heavy atom. The highest BCUT2D eigenvalue weighted by Gasteiger charge is 2.17. The van der Waals surface area contributed by atoms with Gasteiger partial charge in [-0.2, -0.15) is 0 Å². The molecule has 2 aromatic heterocycles. The fourth-order valence-electron chi connectivity index (χ4n) is 1.16. The summed E-state index contributed by atoms with van der Waals surface area (Å²) in [5.41, 5.74) is 2.45. The molecule has 0 saturated carbocycles. The van der Waals surface area contributed by atoms with Crippen molar-refractivity contribution in [2.45, 2.75) is 0 Å². The van der Waals surface area contributed by atoms with E-state index in [2.05, 4.69) is 34.2 Å². The maximum atomic E-state index is 9.77. The topological polar surface area (TPSA) is 28.3 Å². The Bertz CT molecular complexity index is 581. The highest BCUT2D eigenvalue weighted by Crippen LogP contribution is 2.55. The van der Waals surface area contributed by atoms with E-state index in [0.717, 1.165) is 0 Å². The van der Waals surface area contributed by atoms with Crippen LogP contribution in [0.3, 0.4) is 0 Å². The molecule has 2 aromatic rings. The van der Waals surface area contributed by atoms with Gasteiger partial charge in [-0.3, -0.25) is 0 Å². The Morgan fingerprint density at radius 3 is 0.588 bits per heavy atom. The van der Waals surface area contributed by atoms with Crippen molar-refractivity contribution >= 4 is 46.3 Å². The van der Waals surface area contributed by atoms with Crippen LogP contribution in [0.2, 0.25) is 0 Å². The lowest BCUT2D eigenvalue weighted by atomic mass is 10.1. The molecule has 0 aliphatic heterocycles. The number of H-pyrrole nitrogens is 2. The average Bonchev–Trinajstić information content (AvgIpc) is 2.50. The van der Waals surface area contributed by atoms with Crippen molar-refractivity contribution in [1.29, 1.82) is 0 Å². The minimum Gasteiger partial charge on any atom is -1.00 e. The van der Waals surface area contributed by atoms with Crippen LogP contribution in [-0.4, -0.2) is 0 Å². The van der Waals surface area contributed by atoms with Gasteiger partial charge in [-0.25, -0.2) is 9.97 Å². The van der Waals surface area contributed by atoms with E-state index in [1.807, 2.05) is 24.8 Å². The monoisotopic (exact) mass is 628 g/mol. The Hall–Kier alpha value is -1.56. The highest BCUT2D eigenvalue weighted by molar-refractivity contribution is 8.17. The standard InChI is InChI=1S/C10H8N2.4F4S.2FH/c1-5-11-6-2-9(1)10-3-7-12-8-4-10;4*1-5(2,3)4;;/h1-8H;;;;;2*1H. The van der Waals surface area contributed by atoms with Crippen molar-refractivity contribution in [1.82, 2.24) is 0 Å². The van der Waals surface area contributed by atoms with E-state index in [1.165, 1.54) is 11.1 Å². The number of hydrogen-bond acceptors (Lipinski definition) is 0. The average molecular weight is 628 g/mol. The number of hydrogen-bond donors (Lipinski definition) is 0. The van der Waals surface area contributed by atoms with Crippen LogP contribution in [-0.2, 0) is 0 Å². The molecule has 2 rings (SSSR count). The van der Waals surface area contributed by atoms with Gasteiger partial charge in [-0.1, -0.05) is 62.2 Å². The SMILES string of the molecule is FS(F)(F)F.FS(F)(F)F.FS(F)(F)F.FS(F)(F)F.[F-].[F-].c1cc(-c2cc[nH+]cc2)cc[nH+]1. The van der Waals surface area contributed by atoms with E-state index < -0.39 is 46.3 Å². The first-order valence-electron chi connectivity index (χ1n) is 6.36. The molecule has 24 heteroatoms. The molecule has 0 aliphatic carbocycles. The zero-order chi connectivity index (χ0) is 26.2. The molecule has 0 atom stereocenters. The molecule has 0 amide bonds. The summed E-state index contributed by atoms with van der Waals surface area (Å²) in [6.45, 7) is 0. The molecule has 2 heterocycles. The molecule has 0 spiro atoms. The third-order valence-corrected chi connectivity index (χ3v) is 1.77. The third-order valence-electron chi connectivity index (χ3n) is 1.77. The van der Waals surface area contributed by atoms with E-state index in [1.54, 1.807) is 0 Å². The second-order valence-corrected chi connectivity index (χ2v) is 6.78. The van der Waals surface area contributed by atoms with Gasteiger partial charge in [0.25, 0.3) is 0 Å². The van der Waals surface area contributed by atoms with E-state index >= 15 is 0 Å². The minimum atomic E-state index is -6.17. The van der Waals surface area contributed by atoms with Gasteiger partial charge in [0.05, 0.1) is 0 Å². The normalized spacial score (nSPS) is 12.4. The Morgan fingerprint density at radius 2 is 0.471 bits per heavy atom. The first-order valence-corrected chi connectivity index (χ1v) is 11.3. The summed E-state index contributed by atoms with van der Waals surface area (Å²) in [5.74, 6) is 0. The number of halogens is 18. The highest BCUT2D eigenvalue weighted by atomic mass is 32.4. The maximum absolute atomic E-state index is 9.77. The summed E-state index contributed by atoms with van der Waals surface area (Å²) in [6, 6.07) is 8.20. The zero-order valence-corrected chi connectivity index (χ0v) is 18.3. The molecule has 0 radical (unpaired) electrons. The van der Waals surface area contributed by atoms with Crippen LogP contribution in [0, 0.1) is 0 Å². The van der Waals surface area contributed by atoms with Crippen LogP contribution in [0.4, 0.5) is 62.2 Å². The van der Waals surface area contributed by atoms with Crippen molar-refractivity contribution in [3.63, 3.8) is 0 Å². The Labute approximate surface area is 188 Å². The van der Waals surface area contributed by atoms with Crippen LogP contribution in [0.5, 0.6) is 0 Å². The van der Waals surface area contributed by atoms with Crippen LogP contribution >= 0.6 is 46.3 Å². The van der Waals surface area contributed by atoms with Crippen molar-refractivity contribution in [3.05, 3.63) is 49.1 Å². The summed E-state index contributed by atoms with van der Waals surface area (Å²) < 4.78 is 156. The van der Waals surface area contributed by atoms with E-state index in [-0.39, 0.29) is 9.41 Å². The second-order valence-electron chi connectivity index (χ2n) is 3.98. The predicted octanol–water partition coefficient (Wildman–Crippen LogP) is 4.31. The summed E-state index contributed by atoms with van der Waals surface area (Å²) in [7, 11) is 0. The first kappa shape index (κ1) is 42.6. The van der Waals surface area contributed by atoms with Crippen molar-refractivity contribution in [3.8, 4) is 11.1 Å². The summed E-state index contributed by atoms with van der Waals surface area (Å²) >= 11 is -24.7. The van der Waals surface area contributed by atoms with Crippen LogP contribution in [0.15, 0.2) is 49.1 Å². The lowest BCUT2D eigenvalue weighted by Crippen LogP contribution is -3.00. The van der Waals surface area contributed by atoms with E-state index in [4.69, 9.17) is 0 Å². The van der Waals surface area contributed by atoms with Gasteiger partial charge >= 0.3 is 46.3 Å². The Balaban J connectivity index is -0.000000110. The van der Waals surface area contributed by atoms with Gasteiger partial charge < -0.3 is 9.41 Å². The number of aromatic nitrogens is 2. The van der Waals surface area contributed by atoms with Gasteiger partial charge in [0.1, 0.15) is 0 Å². The number of nitrogens with one attached hydrogen (secondary N) is 2. The Kier molecular flexibility index (Phi) is 24.7. The van der Waals surface area contributed by atoms with Gasteiger partial charge in [-0.05, 0) is 11.1 Å². The number of pyridine rings is 2. The van der Waals surface area contributed by atoms with Gasteiger partial charge in [-0.15, -0.1) is 0 Å². The van der Waals surface area contributed by atoms with Crippen LogP contribution in [0.25, 0.3) is 11.1 Å². The summed E-state index contributed by atoms with van der Waals surface area (Å²) in [4.78, 5) is 5.99. The smallest absolute Gasteiger partial charge is 0.379 e. The van der Waals surface area contributed by atoms with Gasteiger partial charge in [0.15, 0.2) is 24.8 Å². The maximum Gasteiger partial charge on any atom is 0.379 e. The lowest BCUT2D eigenvalue weighted by molar-refractivity contribution is -0.378. The second kappa shape index (κ2) is 19.7. The molecule has 2 nitrogen and oxygen atoms in total. The van der Waals surface area contributed by atoms with Gasteiger partial charge in [0, 0.05) is 24.3 Å². The molecule has 0 fully saturated rings.